The Morgan fingerprint density at radius 1 is 1.53 bits per heavy atom. The summed E-state index contributed by atoms with van der Waals surface area (Å²) in [6.45, 7) is 2.65. The summed E-state index contributed by atoms with van der Waals surface area (Å²) in [6, 6.07) is 5.45. The Morgan fingerprint density at radius 3 is 2.87 bits per heavy atom. The van der Waals surface area contributed by atoms with Crippen molar-refractivity contribution in [3.63, 3.8) is 0 Å². The van der Waals surface area contributed by atoms with Crippen molar-refractivity contribution in [1.29, 1.82) is 0 Å². The van der Waals surface area contributed by atoms with Gasteiger partial charge in [0.05, 0.1) is 10.6 Å². The Hall–Kier alpha value is -0.290. The van der Waals surface area contributed by atoms with Gasteiger partial charge in [0, 0.05) is 11.0 Å². The molecule has 0 spiro atoms. The third-order valence-corrected chi connectivity index (χ3v) is 3.04. The molecule has 0 heterocycles. The van der Waals surface area contributed by atoms with Gasteiger partial charge in [-0.15, -0.1) is 0 Å². The molecule has 0 aromatic heterocycles. The molecule has 2 nitrogen and oxygen atoms in total. The van der Waals surface area contributed by atoms with E-state index in [1.54, 1.807) is 12.1 Å². The average Bonchev–Trinajstić information content (AvgIpc) is 2.17. The summed E-state index contributed by atoms with van der Waals surface area (Å²) in [7, 11) is 0. The van der Waals surface area contributed by atoms with E-state index in [0.717, 1.165) is 16.4 Å². The standard InChI is InChI=1S/C11H13ClINO/c1-8-3-4-9(10(12)7-8)11(15)14-6-2-5-13/h3-4,7H,2,5-6H2,1H3,(H,14,15). The minimum absolute atomic E-state index is 0.0927. The van der Waals surface area contributed by atoms with Gasteiger partial charge in [-0.3, -0.25) is 4.79 Å². The third kappa shape index (κ3) is 3.99. The zero-order valence-corrected chi connectivity index (χ0v) is 11.4. The highest BCUT2D eigenvalue weighted by Gasteiger charge is 2.08. The van der Waals surface area contributed by atoms with Gasteiger partial charge < -0.3 is 5.32 Å². The zero-order valence-electron chi connectivity index (χ0n) is 8.52. The highest BCUT2D eigenvalue weighted by Crippen LogP contribution is 2.17. The minimum atomic E-state index is -0.0927. The lowest BCUT2D eigenvalue weighted by atomic mass is 10.1. The Balaban J connectivity index is 2.65. The zero-order chi connectivity index (χ0) is 11.3. The van der Waals surface area contributed by atoms with Crippen LogP contribution in [0.3, 0.4) is 0 Å². The van der Waals surface area contributed by atoms with Gasteiger partial charge in [-0.1, -0.05) is 40.3 Å². The predicted octanol–water partition coefficient (Wildman–Crippen LogP) is 3.20. The second-order valence-electron chi connectivity index (χ2n) is 3.28. The first-order valence-corrected chi connectivity index (χ1v) is 6.66. The second-order valence-corrected chi connectivity index (χ2v) is 4.77. The third-order valence-electron chi connectivity index (χ3n) is 1.97. The molecule has 0 saturated carbocycles. The molecule has 0 fully saturated rings. The number of alkyl halides is 1. The molecule has 1 rings (SSSR count). The highest BCUT2D eigenvalue weighted by molar-refractivity contribution is 14.1. The molecule has 0 aliphatic carbocycles. The van der Waals surface area contributed by atoms with Crippen LogP contribution in [0.1, 0.15) is 22.3 Å². The molecule has 0 radical (unpaired) electrons. The largest absolute Gasteiger partial charge is 0.352 e. The van der Waals surface area contributed by atoms with Crippen LogP contribution in [-0.4, -0.2) is 16.9 Å². The molecule has 1 N–H and O–H groups in total. The Morgan fingerprint density at radius 2 is 2.27 bits per heavy atom. The van der Waals surface area contributed by atoms with Crippen molar-refractivity contribution < 1.29 is 4.79 Å². The fourth-order valence-electron chi connectivity index (χ4n) is 1.17. The van der Waals surface area contributed by atoms with Crippen molar-refractivity contribution in [1.82, 2.24) is 5.32 Å². The van der Waals surface area contributed by atoms with Crippen molar-refractivity contribution in [2.75, 3.05) is 11.0 Å². The number of hydrogen-bond donors (Lipinski definition) is 1. The van der Waals surface area contributed by atoms with Gasteiger partial charge in [0.1, 0.15) is 0 Å². The van der Waals surface area contributed by atoms with Crippen LogP contribution in [-0.2, 0) is 0 Å². The summed E-state index contributed by atoms with van der Waals surface area (Å²) in [4.78, 5) is 11.7. The number of carbonyl (C=O) groups is 1. The van der Waals surface area contributed by atoms with E-state index < -0.39 is 0 Å². The first-order valence-electron chi connectivity index (χ1n) is 4.75. The maximum absolute atomic E-state index is 11.7. The molecular weight excluding hydrogens is 324 g/mol. The van der Waals surface area contributed by atoms with E-state index in [1.165, 1.54) is 0 Å². The van der Waals surface area contributed by atoms with E-state index in [2.05, 4.69) is 27.9 Å². The first-order chi connectivity index (χ1) is 7.15. The van der Waals surface area contributed by atoms with Crippen molar-refractivity contribution in [3.05, 3.63) is 34.3 Å². The molecule has 0 aliphatic rings. The quantitative estimate of drug-likeness (QED) is 0.510. The number of halogens is 2. The van der Waals surface area contributed by atoms with Crippen LogP contribution in [0.2, 0.25) is 5.02 Å². The van der Waals surface area contributed by atoms with Crippen LogP contribution in [0, 0.1) is 6.92 Å². The number of nitrogens with one attached hydrogen (secondary N) is 1. The van der Waals surface area contributed by atoms with Gasteiger partial charge in [0.25, 0.3) is 5.91 Å². The van der Waals surface area contributed by atoms with Gasteiger partial charge in [0.15, 0.2) is 0 Å². The van der Waals surface area contributed by atoms with Crippen LogP contribution in [0.25, 0.3) is 0 Å². The molecule has 1 aromatic carbocycles. The van der Waals surface area contributed by atoms with Crippen LogP contribution >= 0.6 is 34.2 Å². The molecule has 0 bridgehead atoms. The Labute approximate surface area is 109 Å². The Bertz CT molecular complexity index is 354. The second kappa shape index (κ2) is 6.33. The van der Waals surface area contributed by atoms with E-state index in [1.807, 2.05) is 13.0 Å². The van der Waals surface area contributed by atoms with Crippen molar-refractivity contribution in [3.8, 4) is 0 Å². The normalized spacial score (nSPS) is 10.1. The number of aryl methyl sites for hydroxylation is 1. The Kier molecular flexibility index (Phi) is 5.39. The van der Waals surface area contributed by atoms with Crippen LogP contribution in [0.4, 0.5) is 0 Å². The fourth-order valence-corrected chi connectivity index (χ4v) is 1.87. The number of amides is 1. The summed E-state index contributed by atoms with van der Waals surface area (Å²) < 4.78 is 1.04. The summed E-state index contributed by atoms with van der Waals surface area (Å²) in [6.07, 6.45) is 0.982. The monoisotopic (exact) mass is 337 g/mol. The maximum atomic E-state index is 11.7. The summed E-state index contributed by atoms with van der Waals surface area (Å²) in [5.74, 6) is -0.0927. The van der Waals surface area contributed by atoms with Gasteiger partial charge in [-0.2, -0.15) is 0 Å². The van der Waals surface area contributed by atoms with E-state index >= 15 is 0 Å². The summed E-state index contributed by atoms with van der Waals surface area (Å²) >= 11 is 8.26. The molecule has 0 unspecified atom stereocenters. The smallest absolute Gasteiger partial charge is 0.252 e. The molecule has 0 aliphatic heterocycles. The van der Waals surface area contributed by atoms with Crippen LogP contribution in [0.5, 0.6) is 0 Å². The maximum Gasteiger partial charge on any atom is 0.252 e. The average molecular weight is 338 g/mol. The fraction of sp³-hybridized carbons (Fsp3) is 0.364. The molecular formula is C11H13ClINO. The lowest BCUT2D eigenvalue weighted by Crippen LogP contribution is -2.24. The van der Waals surface area contributed by atoms with E-state index in [4.69, 9.17) is 11.6 Å². The topological polar surface area (TPSA) is 29.1 Å². The van der Waals surface area contributed by atoms with Crippen molar-refractivity contribution >= 4 is 40.1 Å². The molecule has 1 amide bonds. The van der Waals surface area contributed by atoms with Gasteiger partial charge in [0.2, 0.25) is 0 Å². The molecule has 1 aromatic rings. The molecule has 4 heteroatoms. The van der Waals surface area contributed by atoms with Gasteiger partial charge in [-0.25, -0.2) is 0 Å². The number of benzene rings is 1. The molecule has 15 heavy (non-hydrogen) atoms. The SMILES string of the molecule is Cc1ccc(C(=O)NCCCI)c(Cl)c1. The van der Waals surface area contributed by atoms with E-state index in [9.17, 15) is 4.79 Å². The van der Waals surface area contributed by atoms with Crippen LogP contribution in [0.15, 0.2) is 18.2 Å². The van der Waals surface area contributed by atoms with E-state index in [-0.39, 0.29) is 5.91 Å². The van der Waals surface area contributed by atoms with E-state index in [0.29, 0.717) is 17.1 Å². The molecule has 82 valence electrons. The lowest BCUT2D eigenvalue weighted by Gasteiger charge is -2.06. The summed E-state index contributed by atoms with van der Waals surface area (Å²) in [5, 5.41) is 3.35. The summed E-state index contributed by atoms with van der Waals surface area (Å²) in [5.41, 5.74) is 1.61. The number of hydrogen-bond acceptors (Lipinski definition) is 1. The van der Waals surface area contributed by atoms with Crippen molar-refractivity contribution in [2.45, 2.75) is 13.3 Å². The van der Waals surface area contributed by atoms with Gasteiger partial charge >= 0.3 is 0 Å². The number of carbonyl (C=O) groups excluding carboxylic acids is 1. The number of rotatable bonds is 4. The molecule has 0 saturated heterocycles. The van der Waals surface area contributed by atoms with Crippen LogP contribution < -0.4 is 5.32 Å². The lowest BCUT2D eigenvalue weighted by molar-refractivity contribution is 0.0954. The minimum Gasteiger partial charge on any atom is -0.352 e. The van der Waals surface area contributed by atoms with Crippen molar-refractivity contribution in [2.24, 2.45) is 0 Å². The first kappa shape index (κ1) is 12.8. The van der Waals surface area contributed by atoms with Gasteiger partial charge in [-0.05, 0) is 31.0 Å². The predicted molar refractivity (Wildman–Crippen MR) is 72.0 cm³/mol. The highest BCUT2D eigenvalue weighted by atomic mass is 127. The molecule has 0 atom stereocenters.